The van der Waals surface area contributed by atoms with Crippen LogP contribution in [0, 0.1) is 0 Å². The lowest BCUT2D eigenvalue weighted by molar-refractivity contribution is -0.139. The summed E-state index contributed by atoms with van der Waals surface area (Å²) in [6, 6.07) is 16.6. The maximum atomic E-state index is 12.1. The smallest absolute Gasteiger partial charge is 0.325 e. The Labute approximate surface area is 152 Å². The maximum absolute atomic E-state index is 12.1. The highest BCUT2D eigenvalue weighted by molar-refractivity contribution is 5.98. The molecule has 2 aromatic rings. The number of carbonyl (C=O) groups is 3. The predicted molar refractivity (Wildman–Crippen MR) is 98.8 cm³/mol. The Hall–Kier alpha value is -3.15. The first kappa shape index (κ1) is 19.2. The zero-order valence-electron chi connectivity index (χ0n) is 14.7. The monoisotopic (exact) mass is 354 g/mol. The van der Waals surface area contributed by atoms with Crippen LogP contribution in [0.25, 0.3) is 0 Å². The van der Waals surface area contributed by atoms with Crippen molar-refractivity contribution in [3.05, 3.63) is 65.7 Å². The van der Waals surface area contributed by atoms with E-state index >= 15 is 0 Å². The molecule has 0 saturated carbocycles. The van der Waals surface area contributed by atoms with Gasteiger partial charge in [-0.2, -0.15) is 0 Å². The lowest BCUT2D eigenvalue weighted by Gasteiger charge is -2.08. The number of ether oxygens (including phenoxy) is 1. The molecule has 0 aliphatic rings. The standard InChI is InChI=1S/C20H22N2O4/c1-26-19(24)14-21-20(25)16-10-6-11-17(13-16)22-18(23)12-5-9-15-7-3-2-4-8-15/h2-4,6-8,10-11,13H,5,9,12,14H2,1H3,(H,21,25)(H,22,23). The van der Waals surface area contributed by atoms with E-state index in [1.165, 1.54) is 12.7 Å². The molecule has 0 saturated heterocycles. The molecule has 26 heavy (non-hydrogen) atoms. The number of amides is 2. The Bertz CT molecular complexity index is 759. The lowest BCUT2D eigenvalue weighted by Crippen LogP contribution is -2.30. The van der Waals surface area contributed by atoms with Crippen molar-refractivity contribution in [1.82, 2.24) is 5.32 Å². The summed E-state index contributed by atoms with van der Waals surface area (Å²) in [6.07, 6.45) is 1.98. The molecule has 0 heterocycles. The molecular weight excluding hydrogens is 332 g/mol. The second-order valence-electron chi connectivity index (χ2n) is 5.73. The van der Waals surface area contributed by atoms with Crippen molar-refractivity contribution in [2.75, 3.05) is 19.0 Å². The van der Waals surface area contributed by atoms with Gasteiger partial charge in [-0.1, -0.05) is 36.4 Å². The van der Waals surface area contributed by atoms with Crippen LogP contribution in [-0.2, 0) is 20.7 Å². The van der Waals surface area contributed by atoms with Crippen molar-refractivity contribution in [3.63, 3.8) is 0 Å². The third-order valence-corrected chi connectivity index (χ3v) is 3.74. The number of hydrogen-bond acceptors (Lipinski definition) is 4. The van der Waals surface area contributed by atoms with Gasteiger partial charge in [-0.15, -0.1) is 0 Å². The normalized spacial score (nSPS) is 10.0. The van der Waals surface area contributed by atoms with E-state index in [1.807, 2.05) is 30.3 Å². The minimum Gasteiger partial charge on any atom is -0.468 e. The van der Waals surface area contributed by atoms with Gasteiger partial charge in [0.1, 0.15) is 6.54 Å². The lowest BCUT2D eigenvalue weighted by atomic mass is 10.1. The van der Waals surface area contributed by atoms with Gasteiger partial charge >= 0.3 is 5.97 Å². The fraction of sp³-hybridized carbons (Fsp3) is 0.250. The van der Waals surface area contributed by atoms with Crippen LogP contribution in [-0.4, -0.2) is 31.4 Å². The number of nitrogens with one attached hydrogen (secondary N) is 2. The largest absolute Gasteiger partial charge is 0.468 e. The second kappa shape index (κ2) is 9.98. The van der Waals surface area contributed by atoms with E-state index in [2.05, 4.69) is 15.4 Å². The minimum atomic E-state index is -0.527. The van der Waals surface area contributed by atoms with E-state index in [0.29, 0.717) is 17.7 Å². The molecule has 2 rings (SSSR count). The molecule has 136 valence electrons. The van der Waals surface area contributed by atoms with Gasteiger partial charge in [-0.25, -0.2) is 0 Å². The van der Waals surface area contributed by atoms with E-state index in [0.717, 1.165) is 12.8 Å². The molecule has 0 aliphatic carbocycles. The van der Waals surface area contributed by atoms with Crippen molar-refractivity contribution in [1.29, 1.82) is 0 Å². The Morgan fingerprint density at radius 3 is 2.50 bits per heavy atom. The third-order valence-electron chi connectivity index (χ3n) is 3.74. The molecule has 0 atom stereocenters. The molecule has 6 heteroatoms. The van der Waals surface area contributed by atoms with Gasteiger partial charge in [0.2, 0.25) is 5.91 Å². The van der Waals surface area contributed by atoms with Crippen molar-refractivity contribution < 1.29 is 19.1 Å². The minimum absolute atomic E-state index is 0.104. The average molecular weight is 354 g/mol. The number of aryl methyl sites for hydroxylation is 1. The van der Waals surface area contributed by atoms with E-state index in [-0.39, 0.29) is 12.5 Å². The first-order valence-electron chi connectivity index (χ1n) is 8.37. The van der Waals surface area contributed by atoms with Crippen molar-refractivity contribution in [3.8, 4) is 0 Å². The highest BCUT2D eigenvalue weighted by Gasteiger charge is 2.09. The van der Waals surface area contributed by atoms with Crippen LogP contribution < -0.4 is 10.6 Å². The van der Waals surface area contributed by atoms with Crippen molar-refractivity contribution in [2.24, 2.45) is 0 Å². The zero-order chi connectivity index (χ0) is 18.8. The van der Waals surface area contributed by atoms with Crippen LogP contribution >= 0.6 is 0 Å². The van der Waals surface area contributed by atoms with Crippen LogP contribution in [0.2, 0.25) is 0 Å². The Morgan fingerprint density at radius 2 is 1.77 bits per heavy atom. The number of benzene rings is 2. The summed E-state index contributed by atoms with van der Waals surface area (Å²) in [5.41, 5.74) is 2.10. The number of carbonyl (C=O) groups excluding carboxylic acids is 3. The first-order valence-corrected chi connectivity index (χ1v) is 8.37. The van der Waals surface area contributed by atoms with Crippen LogP contribution in [0.3, 0.4) is 0 Å². The van der Waals surface area contributed by atoms with Crippen molar-refractivity contribution >= 4 is 23.5 Å². The molecule has 0 radical (unpaired) electrons. The summed E-state index contributed by atoms with van der Waals surface area (Å²) >= 11 is 0. The fourth-order valence-corrected chi connectivity index (χ4v) is 2.39. The quantitative estimate of drug-likeness (QED) is 0.714. The van der Waals surface area contributed by atoms with Gasteiger partial charge in [0.05, 0.1) is 7.11 Å². The molecule has 0 spiro atoms. The Morgan fingerprint density at radius 1 is 1.00 bits per heavy atom. The van der Waals surface area contributed by atoms with E-state index in [4.69, 9.17) is 0 Å². The highest BCUT2D eigenvalue weighted by atomic mass is 16.5. The summed E-state index contributed by atoms with van der Waals surface area (Å²) in [7, 11) is 1.25. The highest BCUT2D eigenvalue weighted by Crippen LogP contribution is 2.12. The summed E-state index contributed by atoms with van der Waals surface area (Å²) in [4.78, 5) is 35.1. The van der Waals surface area contributed by atoms with Gasteiger partial charge in [-0.3, -0.25) is 14.4 Å². The van der Waals surface area contributed by atoms with Gasteiger partial charge in [-0.05, 0) is 36.6 Å². The van der Waals surface area contributed by atoms with E-state index < -0.39 is 11.9 Å². The van der Waals surface area contributed by atoms with E-state index in [1.54, 1.807) is 24.3 Å². The Kier molecular flexibility index (Phi) is 7.36. The SMILES string of the molecule is COC(=O)CNC(=O)c1cccc(NC(=O)CCCc2ccccc2)c1. The van der Waals surface area contributed by atoms with Crippen LogP contribution in [0.1, 0.15) is 28.8 Å². The van der Waals surface area contributed by atoms with Gasteiger partial charge in [0.25, 0.3) is 5.91 Å². The predicted octanol–water partition coefficient (Wildman–Crippen LogP) is 2.55. The number of rotatable bonds is 8. The topological polar surface area (TPSA) is 84.5 Å². The molecular formula is C20H22N2O4. The maximum Gasteiger partial charge on any atom is 0.325 e. The summed E-state index contributed by atoms with van der Waals surface area (Å²) in [5.74, 6) is -1.04. The molecule has 0 fully saturated rings. The first-order chi connectivity index (χ1) is 12.6. The molecule has 0 bridgehead atoms. The number of hydrogen-bond donors (Lipinski definition) is 2. The third kappa shape index (κ3) is 6.39. The molecule has 2 aromatic carbocycles. The fourth-order valence-electron chi connectivity index (χ4n) is 2.39. The Balaban J connectivity index is 1.82. The van der Waals surface area contributed by atoms with Crippen molar-refractivity contribution in [2.45, 2.75) is 19.3 Å². The number of anilines is 1. The molecule has 2 N–H and O–H groups in total. The summed E-state index contributed by atoms with van der Waals surface area (Å²) in [5, 5.41) is 5.25. The van der Waals surface area contributed by atoms with Gasteiger partial charge in [0, 0.05) is 17.7 Å². The summed E-state index contributed by atoms with van der Waals surface area (Å²) in [6.45, 7) is -0.203. The molecule has 0 aliphatic heterocycles. The van der Waals surface area contributed by atoms with Crippen LogP contribution in [0.5, 0.6) is 0 Å². The van der Waals surface area contributed by atoms with Crippen LogP contribution in [0.4, 0.5) is 5.69 Å². The number of esters is 1. The number of methoxy groups -OCH3 is 1. The van der Waals surface area contributed by atoms with Crippen LogP contribution in [0.15, 0.2) is 54.6 Å². The molecule has 2 amide bonds. The molecule has 6 nitrogen and oxygen atoms in total. The van der Waals surface area contributed by atoms with Gasteiger partial charge in [0.15, 0.2) is 0 Å². The molecule has 0 aromatic heterocycles. The molecule has 0 unspecified atom stereocenters. The van der Waals surface area contributed by atoms with E-state index in [9.17, 15) is 14.4 Å². The second-order valence-corrected chi connectivity index (χ2v) is 5.73. The zero-order valence-corrected chi connectivity index (χ0v) is 14.7. The van der Waals surface area contributed by atoms with Gasteiger partial charge < -0.3 is 15.4 Å². The average Bonchev–Trinajstić information content (AvgIpc) is 2.66. The summed E-state index contributed by atoms with van der Waals surface area (Å²) < 4.78 is 4.47.